The summed E-state index contributed by atoms with van der Waals surface area (Å²) in [6.07, 6.45) is -0.748. The average Bonchev–Trinajstić information content (AvgIpc) is 3.10. The minimum absolute atomic E-state index is 0.0771. The second-order valence-corrected chi connectivity index (χ2v) is 8.06. The summed E-state index contributed by atoms with van der Waals surface area (Å²) in [6, 6.07) is 22.2. The lowest BCUT2D eigenvalue weighted by atomic mass is 9.98. The van der Waals surface area contributed by atoms with E-state index in [0.29, 0.717) is 11.5 Å². The Balaban J connectivity index is 1.46. The van der Waals surface area contributed by atoms with Crippen LogP contribution in [0.3, 0.4) is 0 Å². The minimum atomic E-state index is -1.17. The van der Waals surface area contributed by atoms with Gasteiger partial charge in [0.2, 0.25) is 0 Å². The van der Waals surface area contributed by atoms with Crippen molar-refractivity contribution in [1.82, 2.24) is 5.32 Å². The van der Waals surface area contributed by atoms with E-state index in [-0.39, 0.29) is 12.5 Å². The van der Waals surface area contributed by atoms with Crippen LogP contribution in [0.25, 0.3) is 11.1 Å². The van der Waals surface area contributed by atoms with Crippen LogP contribution in [0.2, 0.25) is 0 Å². The average molecular weight is 415 g/mol. The Morgan fingerprint density at radius 3 is 1.90 bits per heavy atom. The van der Waals surface area contributed by atoms with Crippen LogP contribution in [0.5, 0.6) is 0 Å². The van der Waals surface area contributed by atoms with Gasteiger partial charge in [0.05, 0.1) is 0 Å². The SMILES string of the molecule is CC(C)c1ccc([C@@H](NC(=O)OCC2c3ccccc3-c3ccccc32)C(=O)O)cc1. The lowest BCUT2D eigenvalue weighted by Crippen LogP contribution is -2.34. The number of carbonyl (C=O) groups is 2. The van der Waals surface area contributed by atoms with Crippen LogP contribution < -0.4 is 5.32 Å². The van der Waals surface area contributed by atoms with Gasteiger partial charge in [0.15, 0.2) is 6.04 Å². The van der Waals surface area contributed by atoms with Crippen LogP contribution in [0.15, 0.2) is 72.8 Å². The molecule has 1 aliphatic carbocycles. The van der Waals surface area contributed by atoms with E-state index >= 15 is 0 Å². The number of nitrogens with one attached hydrogen (secondary N) is 1. The van der Waals surface area contributed by atoms with Gasteiger partial charge in [-0.05, 0) is 39.3 Å². The van der Waals surface area contributed by atoms with Crippen molar-refractivity contribution in [2.24, 2.45) is 0 Å². The van der Waals surface area contributed by atoms with E-state index in [0.717, 1.165) is 27.8 Å². The summed E-state index contributed by atoms with van der Waals surface area (Å²) in [6.45, 7) is 4.27. The summed E-state index contributed by atoms with van der Waals surface area (Å²) in [7, 11) is 0. The Morgan fingerprint density at radius 1 is 0.871 bits per heavy atom. The first-order valence-corrected chi connectivity index (χ1v) is 10.4. The van der Waals surface area contributed by atoms with Gasteiger partial charge in [-0.25, -0.2) is 9.59 Å². The number of ether oxygens (including phenoxy) is 1. The van der Waals surface area contributed by atoms with Crippen molar-refractivity contribution in [2.45, 2.75) is 31.7 Å². The summed E-state index contributed by atoms with van der Waals surface area (Å²) < 4.78 is 5.49. The zero-order valence-corrected chi connectivity index (χ0v) is 17.5. The molecule has 158 valence electrons. The lowest BCUT2D eigenvalue weighted by molar-refractivity contribution is -0.139. The maximum atomic E-state index is 12.5. The summed E-state index contributed by atoms with van der Waals surface area (Å²) in [5, 5.41) is 12.1. The van der Waals surface area contributed by atoms with Gasteiger partial charge in [0.25, 0.3) is 0 Å². The number of fused-ring (bicyclic) bond motifs is 3. The second kappa shape index (κ2) is 8.64. The van der Waals surface area contributed by atoms with Crippen molar-refractivity contribution in [2.75, 3.05) is 6.61 Å². The van der Waals surface area contributed by atoms with Gasteiger partial charge in [-0.2, -0.15) is 0 Å². The first-order chi connectivity index (χ1) is 15.0. The zero-order valence-electron chi connectivity index (χ0n) is 17.5. The highest BCUT2D eigenvalue weighted by atomic mass is 16.5. The van der Waals surface area contributed by atoms with Gasteiger partial charge in [-0.15, -0.1) is 0 Å². The quantitative estimate of drug-likeness (QED) is 0.559. The fraction of sp³-hybridized carbons (Fsp3) is 0.231. The Kier molecular flexibility index (Phi) is 5.76. The Labute approximate surface area is 181 Å². The summed E-state index contributed by atoms with van der Waals surface area (Å²) in [5.74, 6) is -0.870. The third kappa shape index (κ3) is 4.17. The molecular weight excluding hydrogens is 390 g/mol. The third-order valence-electron chi connectivity index (χ3n) is 5.79. The van der Waals surface area contributed by atoms with Crippen LogP contribution in [0, 0.1) is 0 Å². The maximum absolute atomic E-state index is 12.5. The number of carbonyl (C=O) groups excluding carboxylic acids is 1. The first-order valence-electron chi connectivity index (χ1n) is 10.4. The molecule has 0 unspecified atom stereocenters. The van der Waals surface area contributed by atoms with E-state index in [1.165, 1.54) is 0 Å². The lowest BCUT2D eigenvalue weighted by Gasteiger charge is -2.18. The molecule has 5 nitrogen and oxygen atoms in total. The predicted octanol–water partition coefficient (Wildman–Crippen LogP) is 5.47. The summed E-state index contributed by atoms with van der Waals surface area (Å²) >= 11 is 0. The third-order valence-corrected chi connectivity index (χ3v) is 5.79. The van der Waals surface area contributed by atoms with E-state index in [1.54, 1.807) is 12.1 Å². The van der Waals surface area contributed by atoms with Gasteiger partial charge in [0, 0.05) is 5.92 Å². The van der Waals surface area contributed by atoms with E-state index in [9.17, 15) is 14.7 Å². The van der Waals surface area contributed by atoms with Crippen molar-refractivity contribution >= 4 is 12.1 Å². The van der Waals surface area contributed by atoms with Crippen LogP contribution >= 0.6 is 0 Å². The molecule has 1 atom stereocenters. The van der Waals surface area contributed by atoms with E-state index in [2.05, 4.69) is 31.3 Å². The molecule has 2 N–H and O–H groups in total. The topological polar surface area (TPSA) is 75.6 Å². The molecule has 0 aliphatic heterocycles. The Morgan fingerprint density at radius 2 is 1.39 bits per heavy atom. The van der Waals surface area contributed by atoms with Crippen molar-refractivity contribution in [3.63, 3.8) is 0 Å². The molecule has 3 aromatic carbocycles. The maximum Gasteiger partial charge on any atom is 0.408 e. The monoisotopic (exact) mass is 415 g/mol. The molecule has 5 heteroatoms. The Bertz CT molecular complexity index is 1060. The number of benzene rings is 3. The molecule has 0 saturated carbocycles. The normalized spacial score (nSPS) is 13.4. The molecule has 0 heterocycles. The van der Waals surface area contributed by atoms with Gasteiger partial charge in [0.1, 0.15) is 6.61 Å². The van der Waals surface area contributed by atoms with Crippen LogP contribution in [-0.2, 0) is 9.53 Å². The van der Waals surface area contributed by atoms with Gasteiger partial charge >= 0.3 is 12.1 Å². The van der Waals surface area contributed by atoms with E-state index < -0.39 is 18.1 Å². The van der Waals surface area contributed by atoms with Crippen molar-refractivity contribution in [1.29, 1.82) is 0 Å². The highest BCUT2D eigenvalue weighted by molar-refractivity contribution is 5.82. The molecule has 31 heavy (non-hydrogen) atoms. The first kappa shape index (κ1) is 20.7. The number of carboxylic acid groups (broad SMARTS) is 1. The van der Waals surface area contributed by atoms with E-state index in [4.69, 9.17) is 4.74 Å². The number of amides is 1. The Hall–Kier alpha value is -3.60. The standard InChI is InChI=1S/C26H25NO4/c1-16(2)17-11-13-18(14-12-17)24(25(28)29)27-26(30)31-15-23-21-9-5-3-7-19(21)20-8-4-6-10-22(20)23/h3-14,16,23-24H,15H2,1-2H3,(H,27,30)(H,28,29)/t24-/m1/s1. The predicted molar refractivity (Wildman–Crippen MR) is 119 cm³/mol. The highest BCUT2D eigenvalue weighted by Gasteiger charge is 2.30. The van der Waals surface area contributed by atoms with Crippen molar-refractivity contribution in [3.05, 3.63) is 95.1 Å². The number of carboxylic acids is 1. The van der Waals surface area contributed by atoms with Crippen LogP contribution in [0.4, 0.5) is 4.79 Å². The smallest absolute Gasteiger partial charge is 0.408 e. The number of hydrogen-bond donors (Lipinski definition) is 2. The molecule has 0 radical (unpaired) electrons. The number of hydrogen-bond acceptors (Lipinski definition) is 3. The molecule has 0 fully saturated rings. The van der Waals surface area contributed by atoms with Crippen molar-refractivity contribution in [3.8, 4) is 11.1 Å². The number of aliphatic carboxylic acids is 1. The molecule has 0 aromatic heterocycles. The number of rotatable bonds is 6. The highest BCUT2D eigenvalue weighted by Crippen LogP contribution is 2.44. The molecule has 0 spiro atoms. The van der Waals surface area contributed by atoms with E-state index in [1.807, 2.05) is 48.5 Å². The van der Waals surface area contributed by atoms with Gasteiger partial charge in [-0.1, -0.05) is 86.6 Å². The largest absolute Gasteiger partial charge is 0.479 e. The molecule has 0 bridgehead atoms. The van der Waals surface area contributed by atoms with Gasteiger partial charge < -0.3 is 15.2 Å². The van der Waals surface area contributed by atoms with Gasteiger partial charge in [-0.3, -0.25) is 0 Å². The van der Waals surface area contributed by atoms with Crippen LogP contribution in [-0.4, -0.2) is 23.8 Å². The minimum Gasteiger partial charge on any atom is -0.479 e. The number of alkyl carbamates (subject to hydrolysis) is 1. The fourth-order valence-corrected chi connectivity index (χ4v) is 4.12. The molecule has 1 amide bonds. The molecular formula is C26H25NO4. The van der Waals surface area contributed by atoms with Crippen molar-refractivity contribution < 1.29 is 19.4 Å². The molecule has 0 saturated heterocycles. The molecule has 4 rings (SSSR count). The fourth-order valence-electron chi connectivity index (χ4n) is 4.12. The zero-order chi connectivity index (χ0) is 22.0. The second-order valence-electron chi connectivity index (χ2n) is 8.06. The summed E-state index contributed by atoms with van der Waals surface area (Å²) in [4.78, 5) is 24.3. The molecule has 1 aliphatic rings. The molecule has 3 aromatic rings. The summed E-state index contributed by atoms with van der Waals surface area (Å²) in [5.41, 5.74) is 6.10. The van der Waals surface area contributed by atoms with Crippen LogP contribution in [0.1, 0.15) is 54.0 Å².